The van der Waals surface area contributed by atoms with Gasteiger partial charge in [0.2, 0.25) is 0 Å². The van der Waals surface area contributed by atoms with E-state index < -0.39 is 0 Å². The van der Waals surface area contributed by atoms with Crippen LogP contribution in [0.4, 0.5) is 0 Å². The summed E-state index contributed by atoms with van der Waals surface area (Å²) in [5.41, 5.74) is 3.12. The fourth-order valence-electron chi connectivity index (χ4n) is 2.55. The Labute approximate surface area is 98.8 Å². The van der Waals surface area contributed by atoms with Gasteiger partial charge in [-0.05, 0) is 24.3 Å². The molecule has 0 aromatic heterocycles. The summed E-state index contributed by atoms with van der Waals surface area (Å²) in [4.78, 5) is 0. The SMILES string of the molecule is Cc1cccc2c1OCCC2(C)C(C)(C)C. The molecule has 1 heterocycles. The summed E-state index contributed by atoms with van der Waals surface area (Å²) in [6.07, 6.45) is 1.10. The fraction of sp³-hybridized carbons (Fsp3) is 0.600. The molecule has 0 fully saturated rings. The molecule has 1 atom stereocenters. The zero-order valence-electron chi connectivity index (χ0n) is 11.1. The fourth-order valence-corrected chi connectivity index (χ4v) is 2.55. The molecular weight excluding hydrogens is 196 g/mol. The minimum atomic E-state index is 0.215. The van der Waals surface area contributed by atoms with Crippen LogP contribution in [0.1, 0.15) is 45.2 Å². The van der Waals surface area contributed by atoms with Crippen molar-refractivity contribution in [3.63, 3.8) is 0 Å². The van der Waals surface area contributed by atoms with Gasteiger partial charge >= 0.3 is 0 Å². The highest BCUT2D eigenvalue weighted by Crippen LogP contribution is 2.50. The molecule has 0 saturated carbocycles. The lowest BCUT2D eigenvalue weighted by Gasteiger charge is -2.46. The Kier molecular flexibility index (Phi) is 2.52. The molecular formula is C15H22O. The van der Waals surface area contributed by atoms with Gasteiger partial charge in [0.15, 0.2) is 0 Å². The molecule has 0 aliphatic carbocycles. The van der Waals surface area contributed by atoms with Crippen LogP contribution in [0.15, 0.2) is 18.2 Å². The number of hydrogen-bond donors (Lipinski definition) is 0. The van der Waals surface area contributed by atoms with Gasteiger partial charge in [0, 0.05) is 11.0 Å². The van der Waals surface area contributed by atoms with Crippen LogP contribution in [0.25, 0.3) is 0 Å². The highest BCUT2D eigenvalue weighted by molar-refractivity contribution is 5.47. The van der Waals surface area contributed by atoms with Crippen LogP contribution >= 0.6 is 0 Å². The summed E-state index contributed by atoms with van der Waals surface area (Å²) < 4.78 is 5.84. The van der Waals surface area contributed by atoms with E-state index >= 15 is 0 Å². The van der Waals surface area contributed by atoms with Crippen molar-refractivity contribution in [2.75, 3.05) is 6.61 Å². The summed E-state index contributed by atoms with van der Waals surface area (Å²) in [6, 6.07) is 6.51. The van der Waals surface area contributed by atoms with E-state index in [2.05, 4.69) is 52.8 Å². The largest absolute Gasteiger partial charge is 0.493 e. The van der Waals surface area contributed by atoms with Gasteiger partial charge in [0.1, 0.15) is 5.75 Å². The van der Waals surface area contributed by atoms with Gasteiger partial charge in [-0.15, -0.1) is 0 Å². The lowest BCUT2D eigenvalue weighted by atomic mass is 9.61. The normalized spacial score (nSPS) is 24.8. The second-order valence-electron chi connectivity index (χ2n) is 6.13. The maximum atomic E-state index is 5.84. The summed E-state index contributed by atoms with van der Waals surface area (Å²) in [7, 11) is 0. The smallest absolute Gasteiger partial charge is 0.125 e. The van der Waals surface area contributed by atoms with Crippen molar-refractivity contribution in [1.82, 2.24) is 0 Å². The Morgan fingerprint density at radius 2 is 1.94 bits per heavy atom. The molecule has 88 valence electrons. The molecule has 0 amide bonds. The molecule has 2 rings (SSSR count). The van der Waals surface area contributed by atoms with Gasteiger partial charge in [0.25, 0.3) is 0 Å². The molecule has 1 aromatic rings. The van der Waals surface area contributed by atoms with Crippen molar-refractivity contribution >= 4 is 0 Å². The Hall–Kier alpha value is -0.980. The van der Waals surface area contributed by atoms with Crippen molar-refractivity contribution in [3.8, 4) is 5.75 Å². The first-order valence-corrected chi connectivity index (χ1v) is 6.09. The lowest BCUT2D eigenvalue weighted by molar-refractivity contribution is 0.125. The molecule has 0 radical (unpaired) electrons. The molecule has 1 aromatic carbocycles. The Morgan fingerprint density at radius 3 is 2.56 bits per heavy atom. The van der Waals surface area contributed by atoms with Crippen LogP contribution < -0.4 is 4.74 Å². The van der Waals surface area contributed by atoms with Gasteiger partial charge in [0.05, 0.1) is 6.61 Å². The summed E-state index contributed by atoms with van der Waals surface area (Å²) in [5.74, 6) is 1.12. The van der Waals surface area contributed by atoms with Crippen LogP contribution in [0.5, 0.6) is 5.75 Å². The topological polar surface area (TPSA) is 9.23 Å². The minimum Gasteiger partial charge on any atom is -0.493 e. The van der Waals surface area contributed by atoms with E-state index in [1.54, 1.807) is 0 Å². The van der Waals surface area contributed by atoms with Gasteiger partial charge in [-0.25, -0.2) is 0 Å². The standard InChI is InChI=1S/C15H22O/c1-11-7-6-8-12-13(11)16-10-9-15(12,5)14(2,3)4/h6-8H,9-10H2,1-5H3. The van der Waals surface area contributed by atoms with E-state index in [0.717, 1.165) is 18.8 Å². The molecule has 1 unspecified atom stereocenters. The molecule has 0 spiro atoms. The van der Waals surface area contributed by atoms with Gasteiger partial charge in [-0.3, -0.25) is 0 Å². The third kappa shape index (κ3) is 1.53. The first-order chi connectivity index (χ1) is 7.36. The predicted molar refractivity (Wildman–Crippen MR) is 68.1 cm³/mol. The average molecular weight is 218 g/mol. The van der Waals surface area contributed by atoms with Gasteiger partial charge < -0.3 is 4.74 Å². The van der Waals surface area contributed by atoms with Crippen molar-refractivity contribution in [3.05, 3.63) is 29.3 Å². The minimum absolute atomic E-state index is 0.215. The van der Waals surface area contributed by atoms with Crippen LogP contribution in [-0.2, 0) is 5.41 Å². The molecule has 1 heteroatoms. The predicted octanol–water partition coefficient (Wildman–Crippen LogP) is 4.08. The molecule has 16 heavy (non-hydrogen) atoms. The maximum Gasteiger partial charge on any atom is 0.125 e. The molecule has 0 N–H and O–H groups in total. The summed E-state index contributed by atoms with van der Waals surface area (Å²) in [6.45, 7) is 12.3. The summed E-state index contributed by atoms with van der Waals surface area (Å²) in [5, 5.41) is 0. The van der Waals surface area contributed by atoms with E-state index in [1.165, 1.54) is 11.1 Å². The van der Waals surface area contributed by atoms with Crippen LogP contribution in [0.2, 0.25) is 0 Å². The van der Waals surface area contributed by atoms with Crippen molar-refractivity contribution in [2.24, 2.45) is 5.41 Å². The first kappa shape index (κ1) is 11.5. The highest BCUT2D eigenvalue weighted by atomic mass is 16.5. The van der Waals surface area contributed by atoms with Crippen LogP contribution in [-0.4, -0.2) is 6.61 Å². The number of rotatable bonds is 0. The Morgan fingerprint density at radius 1 is 1.25 bits per heavy atom. The van der Waals surface area contributed by atoms with Crippen LogP contribution in [0, 0.1) is 12.3 Å². The van der Waals surface area contributed by atoms with Crippen molar-refractivity contribution in [1.29, 1.82) is 0 Å². The van der Waals surface area contributed by atoms with E-state index in [9.17, 15) is 0 Å². The van der Waals surface area contributed by atoms with Crippen molar-refractivity contribution < 1.29 is 4.74 Å². The highest BCUT2D eigenvalue weighted by Gasteiger charge is 2.43. The number of aryl methyl sites for hydroxylation is 1. The summed E-state index contributed by atoms with van der Waals surface area (Å²) >= 11 is 0. The molecule has 1 nitrogen and oxygen atoms in total. The van der Waals surface area contributed by atoms with Crippen LogP contribution in [0.3, 0.4) is 0 Å². The first-order valence-electron chi connectivity index (χ1n) is 6.09. The molecule has 1 aliphatic rings. The second-order valence-corrected chi connectivity index (χ2v) is 6.13. The number of ether oxygens (including phenoxy) is 1. The van der Waals surface area contributed by atoms with E-state index in [1.807, 2.05) is 0 Å². The average Bonchev–Trinajstić information content (AvgIpc) is 2.18. The number of hydrogen-bond acceptors (Lipinski definition) is 1. The number of para-hydroxylation sites is 1. The van der Waals surface area contributed by atoms with E-state index in [-0.39, 0.29) is 10.8 Å². The lowest BCUT2D eigenvalue weighted by Crippen LogP contribution is -2.41. The zero-order chi connectivity index (χ0) is 12.0. The number of benzene rings is 1. The maximum absolute atomic E-state index is 5.84. The molecule has 1 aliphatic heterocycles. The van der Waals surface area contributed by atoms with Gasteiger partial charge in [-0.2, -0.15) is 0 Å². The second kappa shape index (κ2) is 3.51. The Balaban J connectivity index is 2.61. The molecule has 0 saturated heterocycles. The third-order valence-electron chi connectivity index (χ3n) is 4.31. The monoisotopic (exact) mass is 218 g/mol. The number of fused-ring (bicyclic) bond motifs is 1. The van der Waals surface area contributed by atoms with E-state index in [4.69, 9.17) is 4.74 Å². The van der Waals surface area contributed by atoms with Gasteiger partial charge in [-0.1, -0.05) is 45.9 Å². The molecule has 0 bridgehead atoms. The zero-order valence-corrected chi connectivity index (χ0v) is 11.1. The van der Waals surface area contributed by atoms with E-state index in [0.29, 0.717) is 0 Å². The quantitative estimate of drug-likeness (QED) is 0.637. The Bertz CT molecular complexity index is 400. The van der Waals surface area contributed by atoms with Crippen molar-refractivity contribution in [2.45, 2.75) is 46.5 Å². The third-order valence-corrected chi connectivity index (χ3v) is 4.31.